The van der Waals surface area contributed by atoms with Crippen LogP contribution < -0.4 is 14.8 Å². The number of hydrogen-bond acceptors (Lipinski definition) is 8. The van der Waals surface area contributed by atoms with Crippen LogP contribution in [0.15, 0.2) is 128 Å². The maximum atomic E-state index is 14.3. The van der Waals surface area contributed by atoms with Crippen molar-refractivity contribution in [2.24, 2.45) is 5.92 Å². The zero-order valence-corrected chi connectivity index (χ0v) is 32.0. The molecule has 2 aliphatic heterocycles. The molecule has 0 bridgehead atoms. The third-order valence-electron chi connectivity index (χ3n) is 9.89. The minimum Gasteiger partial charge on any atom is -0.481 e. The number of piperidine rings is 1. The lowest BCUT2D eigenvalue weighted by Crippen LogP contribution is -2.37. The minimum atomic E-state index is -4.37. The van der Waals surface area contributed by atoms with E-state index in [1.165, 1.54) is 24.3 Å². The highest BCUT2D eigenvalue weighted by Gasteiger charge is 2.30. The molecule has 13 nitrogen and oxygen atoms in total. The van der Waals surface area contributed by atoms with Gasteiger partial charge in [0, 0.05) is 77.9 Å². The first-order valence-electron chi connectivity index (χ1n) is 17.1. The van der Waals surface area contributed by atoms with Gasteiger partial charge in [-0.15, -0.1) is 0 Å². The molecule has 0 saturated carbocycles. The van der Waals surface area contributed by atoms with Crippen LogP contribution in [-0.4, -0.2) is 72.7 Å². The first-order valence-corrected chi connectivity index (χ1v) is 21.0. The molecule has 0 amide bonds. The second kappa shape index (κ2) is 14.8. The number of anilines is 2. The van der Waals surface area contributed by atoms with Gasteiger partial charge in [0.15, 0.2) is 0 Å². The number of aliphatic carboxylic acids is 1. The average Bonchev–Trinajstić information content (AvgIpc) is 3.18. The molecule has 55 heavy (non-hydrogen) atoms. The van der Waals surface area contributed by atoms with Gasteiger partial charge in [-0.1, -0.05) is 18.2 Å². The van der Waals surface area contributed by atoms with E-state index in [4.69, 9.17) is 4.42 Å². The lowest BCUT2D eigenvalue weighted by Gasteiger charge is -2.29. The predicted octanol–water partition coefficient (Wildman–Crippen LogP) is 6.02. The first kappa shape index (κ1) is 38.1. The van der Waals surface area contributed by atoms with E-state index >= 15 is 0 Å². The molecule has 3 N–H and O–H groups in total. The van der Waals surface area contributed by atoms with E-state index < -0.39 is 43.1 Å². The van der Waals surface area contributed by atoms with Gasteiger partial charge in [0.2, 0.25) is 11.0 Å². The van der Waals surface area contributed by atoms with Crippen LogP contribution in [-0.2, 0) is 36.0 Å². The third kappa shape index (κ3) is 7.69. The molecule has 1 fully saturated rings. The largest absolute Gasteiger partial charge is 0.481 e. The van der Waals surface area contributed by atoms with Gasteiger partial charge in [-0.25, -0.2) is 8.51 Å². The van der Waals surface area contributed by atoms with E-state index in [0.29, 0.717) is 70.2 Å². The van der Waals surface area contributed by atoms with Crippen molar-refractivity contribution in [2.75, 3.05) is 32.1 Å². The Hall–Kier alpha value is -5.23. The van der Waals surface area contributed by atoms with Crippen molar-refractivity contribution in [1.82, 2.24) is 8.88 Å². The molecule has 0 radical (unpaired) electrons. The van der Waals surface area contributed by atoms with Crippen molar-refractivity contribution < 1.29 is 44.5 Å². The highest BCUT2D eigenvalue weighted by Crippen LogP contribution is 2.43. The van der Waals surface area contributed by atoms with Gasteiger partial charge in [0.25, 0.3) is 20.2 Å². The summed E-state index contributed by atoms with van der Waals surface area (Å²) in [4.78, 5) is 13.5. The fourth-order valence-electron chi connectivity index (χ4n) is 6.79. The molecular weight excluding hydrogens is 767 g/mol. The summed E-state index contributed by atoms with van der Waals surface area (Å²) in [6.45, 7) is 0.733. The van der Waals surface area contributed by atoms with Gasteiger partial charge >= 0.3 is 5.97 Å². The Balaban J connectivity index is 1.40. The van der Waals surface area contributed by atoms with Crippen LogP contribution >= 0.6 is 0 Å². The highest BCUT2D eigenvalue weighted by molar-refractivity contribution is 7.86. The van der Waals surface area contributed by atoms with E-state index in [9.17, 15) is 40.1 Å². The number of hydrogen-bond donors (Lipinski definition) is 3. The topological polar surface area (TPSA) is 186 Å². The Morgan fingerprint density at radius 3 is 2.02 bits per heavy atom. The Morgan fingerprint density at radius 1 is 0.800 bits per heavy atom. The van der Waals surface area contributed by atoms with Gasteiger partial charge in [0.1, 0.15) is 29.4 Å². The standard InChI is InChI=1S/C39H35N3O10S3/c1-40(26-7-13-30(14-8-26)54(46,47)48)28-11-17-32-35(23-28)52-36-24-29(41(2)27-9-15-31(16-10-27)55(49,50)51)12-18-33(36)38(32)34-5-3-4-6-37(34)53(45)42-21-19-25(20-22-42)39(43)44/h3-18,23-25H,19-22H2,1-2H3,(H2-,43,44,46,47,48,49,50,51)/p+1. The summed E-state index contributed by atoms with van der Waals surface area (Å²) >= 11 is 0. The Morgan fingerprint density at radius 2 is 1.40 bits per heavy atom. The Labute approximate surface area is 319 Å². The molecule has 4 aromatic carbocycles. The van der Waals surface area contributed by atoms with E-state index in [-0.39, 0.29) is 9.79 Å². The van der Waals surface area contributed by atoms with Gasteiger partial charge in [-0.3, -0.25) is 13.9 Å². The number of fused-ring (bicyclic) bond motifs is 2. The monoisotopic (exact) mass is 802 g/mol. The molecular formula is C39H36N3O10S3+. The van der Waals surface area contributed by atoms with E-state index in [2.05, 4.69) is 0 Å². The lowest BCUT2D eigenvalue weighted by molar-refractivity contribution is -0.142. The molecule has 2 heterocycles. The van der Waals surface area contributed by atoms with Crippen molar-refractivity contribution >= 4 is 65.2 Å². The molecule has 1 unspecified atom stereocenters. The second-order valence-corrected chi connectivity index (χ2v) is 17.5. The highest BCUT2D eigenvalue weighted by atomic mass is 32.2. The SMILES string of the molecule is CN(c1ccc(S(=O)(=O)O)cc1)c1ccc2c(-c3ccccc3S(=O)N3CCC(C(=O)O)CC3)c3ccc(=[N+](C)c4ccc(S(=O)(=O)O)cc4)cc-3oc2c1. The third-order valence-corrected chi connectivity index (χ3v) is 13.2. The van der Waals surface area contributed by atoms with Gasteiger partial charge in [0.05, 0.1) is 26.7 Å². The van der Waals surface area contributed by atoms with Crippen LogP contribution in [0.4, 0.5) is 17.1 Å². The zero-order chi connectivity index (χ0) is 39.2. The van der Waals surface area contributed by atoms with Crippen molar-refractivity contribution in [3.8, 4) is 22.5 Å². The maximum absolute atomic E-state index is 14.3. The summed E-state index contributed by atoms with van der Waals surface area (Å²) in [6.07, 6.45) is 0.784. The number of carbonyl (C=O) groups is 1. The van der Waals surface area contributed by atoms with E-state index in [1.807, 2.05) is 70.1 Å². The van der Waals surface area contributed by atoms with Gasteiger partial charge in [-0.05, 0) is 73.5 Å². The summed E-state index contributed by atoms with van der Waals surface area (Å²) in [7, 11) is -6.74. The summed E-state index contributed by atoms with van der Waals surface area (Å²) in [5.74, 6) is -0.841. The number of nitrogens with zero attached hydrogens (tertiary/aromatic N) is 3. The molecule has 3 aliphatic rings. The van der Waals surface area contributed by atoms with Gasteiger partial charge in [-0.2, -0.15) is 21.4 Å². The molecule has 0 aromatic heterocycles. The summed E-state index contributed by atoms with van der Waals surface area (Å²) in [5, 5.41) is 10.9. The second-order valence-electron chi connectivity index (χ2n) is 13.2. The summed E-state index contributed by atoms with van der Waals surface area (Å²) < 4.78 is 89.9. The number of benzene rings is 5. The number of carboxylic acid groups (broad SMARTS) is 1. The van der Waals surface area contributed by atoms with Crippen LogP contribution in [0.1, 0.15) is 12.8 Å². The molecule has 284 valence electrons. The van der Waals surface area contributed by atoms with E-state index in [0.717, 1.165) is 16.5 Å². The molecule has 4 aromatic rings. The molecule has 1 atom stereocenters. The average molecular weight is 803 g/mol. The molecule has 1 saturated heterocycles. The number of carboxylic acids is 1. The summed E-state index contributed by atoms with van der Waals surface area (Å²) in [6, 6.07) is 30.2. The zero-order valence-electron chi connectivity index (χ0n) is 29.6. The minimum absolute atomic E-state index is 0.230. The van der Waals surface area contributed by atoms with Crippen LogP contribution in [0.3, 0.4) is 0 Å². The van der Waals surface area contributed by atoms with Gasteiger partial charge < -0.3 is 14.4 Å². The molecule has 7 rings (SSSR count). The first-order chi connectivity index (χ1) is 26.1. The quantitative estimate of drug-likeness (QED) is 0.0882. The van der Waals surface area contributed by atoms with Crippen molar-refractivity contribution in [3.63, 3.8) is 0 Å². The fraction of sp³-hybridized carbons (Fsp3) is 0.179. The predicted molar refractivity (Wildman–Crippen MR) is 208 cm³/mol. The molecule has 16 heteroatoms. The number of rotatable bonds is 9. The Bertz CT molecular complexity index is 2740. The van der Waals surface area contributed by atoms with Crippen molar-refractivity contribution in [3.05, 3.63) is 115 Å². The van der Waals surface area contributed by atoms with Crippen LogP contribution in [0.25, 0.3) is 33.4 Å². The maximum Gasteiger partial charge on any atom is 0.306 e. The van der Waals surface area contributed by atoms with Crippen LogP contribution in [0.5, 0.6) is 0 Å². The van der Waals surface area contributed by atoms with Crippen molar-refractivity contribution in [1.29, 1.82) is 0 Å². The molecule has 1 aliphatic carbocycles. The Kier molecular flexibility index (Phi) is 10.2. The lowest BCUT2D eigenvalue weighted by atomic mass is 9.93. The fourth-order valence-corrected chi connectivity index (χ4v) is 9.12. The smallest absolute Gasteiger partial charge is 0.306 e. The van der Waals surface area contributed by atoms with Crippen molar-refractivity contribution in [2.45, 2.75) is 27.5 Å². The van der Waals surface area contributed by atoms with Crippen LogP contribution in [0, 0.1) is 5.92 Å². The normalized spacial score (nSPS) is 15.6. The summed E-state index contributed by atoms with van der Waals surface area (Å²) in [5.41, 5.74) is 4.67. The van der Waals surface area contributed by atoms with Crippen LogP contribution in [0.2, 0.25) is 0 Å². The molecule has 0 spiro atoms. The van der Waals surface area contributed by atoms with E-state index in [1.54, 1.807) is 42.7 Å².